The molecule has 20 heavy (non-hydrogen) atoms. The third-order valence-corrected chi connectivity index (χ3v) is 4.83. The van der Waals surface area contributed by atoms with Crippen molar-refractivity contribution in [3.63, 3.8) is 0 Å². The van der Waals surface area contributed by atoms with Crippen molar-refractivity contribution in [1.29, 1.82) is 0 Å². The Morgan fingerprint density at radius 1 is 1.25 bits per heavy atom. The van der Waals surface area contributed by atoms with Crippen molar-refractivity contribution >= 4 is 39.3 Å². The average molecular weight is 352 g/mol. The van der Waals surface area contributed by atoms with Gasteiger partial charge in [0.15, 0.2) is 0 Å². The van der Waals surface area contributed by atoms with E-state index in [0.717, 1.165) is 16.3 Å². The monoisotopic (exact) mass is 351 g/mol. The zero-order valence-corrected chi connectivity index (χ0v) is 12.9. The number of para-hydroxylation sites is 1. The van der Waals surface area contributed by atoms with E-state index in [9.17, 15) is 9.18 Å². The van der Waals surface area contributed by atoms with E-state index in [4.69, 9.17) is 0 Å². The predicted octanol–water partition coefficient (Wildman–Crippen LogP) is 4.34. The lowest BCUT2D eigenvalue weighted by Gasteiger charge is -2.29. The van der Waals surface area contributed by atoms with Crippen LogP contribution in [0, 0.1) is 5.82 Å². The number of hydrogen-bond acceptors (Lipinski definition) is 2. The molecule has 0 spiro atoms. The number of nitrogens with zero attached hydrogens (tertiary/aromatic N) is 1. The lowest BCUT2D eigenvalue weighted by Crippen LogP contribution is -2.35. The van der Waals surface area contributed by atoms with Crippen molar-refractivity contribution in [2.45, 2.75) is 4.90 Å². The molecule has 0 radical (unpaired) electrons. The van der Waals surface area contributed by atoms with Gasteiger partial charge in [0.25, 0.3) is 5.91 Å². The van der Waals surface area contributed by atoms with Crippen molar-refractivity contribution in [3.8, 4) is 0 Å². The van der Waals surface area contributed by atoms with Gasteiger partial charge in [0, 0.05) is 21.7 Å². The van der Waals surface area contributed by atoms with Crippen molar-refractivity contribution in [3.05, 3.63) is 58.3 Å². The molecule has 3 rings (SSSR count). The van der Waals surface area contributed by atoms with Crippen LogP contribution in [-0.4, -0.2) is 18.2 Å². The number of carbonyl (C=O) groups is 1. The van der Waals surface area contributed by atoms with E-state index >= 15 is 0 Å². The molecule has 5 heteroatoms. The summed E-state index contributed by atoms with van der Waals surface area (Å²) in [6.45, 7) is 0.657. The summed E-state index contributed by atoms with van der Waals surface area (Å²) in [6, 6.07) is 12.0. The van der Waals surface area contributed by atoms with Gasteiger partial charge >= 0.3 is 0 Å². The Bertz CT molecular complexity index is 677. The Hall–Kier alpha value is -1.33. The van der Waals surface area contributed by atoms with E-state index in [0.29, 0.717) is 16.6 Å². The number of rotatable bonds is 1. The van der Waals surface area contributed by atoms with Gasteiger partial charge in [-0.25, -0.2) is 4.39 Å². The smallest absolute Gasteiger partial charge is 0.259 e. The summed E-state index contributed by atoms with van der Waals surface area (Å²) in [5.41, 5.74) is 1.40. The van der Waals surface area contributed by atoms with Crippen LogP contribution < -0.4 is 4.90 Å². The van der Waals surface area contributed by atoms with E-state index in [-0.39, 0.29) is 11.7 Å². The predicted molar refractivity (Wildman–Crippen MR) is 82.9 cm³/mol. The van der Waals surface area contributed by atoms with Gasteiger partial charge in [0.1, 0.15) is 5.82 Å². The van der Waals surface area contributed by atoms with Gasteiger partial charge in [-0.15, -0.1) is 11.8 Å². The molecule has 1 aliphatic heterocycles. The highest BCUT2D eigenvalue weighted by Crippen LogP contribution is 2.35. The average Bonchev–Trinajstić information content (AvgIpc) is 2.46. The number of benzene rings is 2. The third kappa shape index (κ3) is 2.47. The van der Waals surface area contributed by atoms with Gasteiger partial charge in [-0.1, -0.05) is 12.1 Å². The summed E-state index contributed by atoms with van der Waals surface area (Å²) in [5, 5.41) is 0. The number of amides is 1. The largest absolute Gasteiger partial charge is 0.306 e. The van der Waals surface area contributed by atoms with Gasteiger partial charge < -0.3 is 4.90 Å². The number of carbonyl (C=O) groups excluding carboxylic acids is 1. The van der Waals surface area contributed by atoms with Crippen LogP contribution >= 0.6 is 27.7 Å². The highest BCUT2D eigenvalue weighted by atomic mass is 79.9. The van der Waals surface area contributed by atoms with Crippen LogP contribution in [0.15, 0.2) is 51.8 Å². The van der Waals surface area contributed by atoms with Crippen LogP contribution in [0.2, 0.25) is 0 Å². The molecule has 0 bridgehead atoms. The highest BCUT2D eigenvalue weighted by Gasteiger charge is 2.25. The lowest BCUT2D eigenvalue weighted by molar-refractivity contribution is 0.0987. The second-order valence-corrected chi connectivity index (χ2v) is 6.39. The van der Waals surface area contributed by atoms with Gasteiger partial charge in [-0.2, -0.15) is 0 Å². The van der Waals surface area contributed by atoms with Crippen LogP contribution in [0.25, 0.3) is 0 Å². The van der Waals surface area contributed by atoms with Crippen molar-refractivity contribution in [2.75, 3.05) is 17.2 Å². The van der Waals surface area contributed by atoms with Gasteiger partial charge in [-0.05, 0) is 46.3 Å². The molecule has 0 saturated heterocycles. The Labute approximate surface area is 129 Å². The van der Waals surface area contributed by atoms with E-state index in [1.165, 1.54) is 18.2 Å². The molecule has 0 fully saturated rings. The first kappa shape index (κ1) is 13.6. The van der Waals surface area contributed by atoms with Crippen molar-refractivity contribution < 1.29 is 9.18 Å². The second-order valence-electron chi connectivity index (χ2n) is 4.40. The zero-order chi connectivity index (χ0) is 14.1. The van der Waals surface area contributed by atoms with Crippen LogP contribution in [0.5, 0.6) is 0 Å². The summed E-state index contributed by atoms with van der Waals surface area (Å²) in [5.74, 6) is 0.398. The highest BCUT2D eigenvalue weighted by molar-refractivity contribution is 9.10. The van der Waals surface area contributed by atoms with Crippen molar-refractivity contribution in [1.82, 2.24) is 0 Å². The molecule has 0 aliphatic carbocycles. The van der Waals surface area contributed by atoms with E-state index < -0.39 is 0 Å². The van der Waals surface area contributed by atoms with Crippen LogP contribution in [0.1, 0.15) is 10.4 Å². The Morgan fingerprint density at radius 3 is 2.85 bits per heavy atom. The summed E-state index contributed by atoms with van der Waals surface area (Å²) in [4.78, 5) is 15.5. The molecular weight excluding hydrogens is 341 g/mol. The molecule has 0 N–H and O–H groups in total. The summed E-state index contributed by atoms with van der Waals surface area (Å²) >= 11 is 5.01. The van der Waals surface area contributed by atoms with Gasteiger partial charge in [0.2, 0.25) is 0 Å². The number of anilines is 1. The maximum Gasteiger partial charge on any atom is 0.259 e. The van der Waals surface area contributed by atoms with Crippen LogP contribution in [0.3, 0.4) is 0 Å². The van der Waals surface area contributed by atoms with Crippen molar-refractivity contribution in [2.24, 2.45) is 0 Å². The number of halogens is 2. The van der Waals surface area contributed by atoms with E-state index in [1.54, 1.807) is 16.7 Å². The number of fused-ring (bicyclic) bond motifs is 1. The van der Waals surface area contributed by atoms with Crippen LogP contribution in [-0.2, 0) is 0 Å². The molecular formula is C15H11BrFNOS. The molecule has 2 nitrogen and oxygen atoms in total. The summed E-state index contributed by atoms with van der Waals surface area (Å²) in [6.07, 6.45) is 0. The first-order valence-electron chi connectivity index (χ1n) is 6.15. The minimum Gasteiger partial charge on any atom is -0.306 e. The second kappa shape index (κ2) is 5.58. The fraction of sp³-hybridized carbons (Fsp3) is 0.133. The summed E-state index contributed by atoms with van der Waals surface area (Å²) in [7, 11) is 0. The zero-order valence-electron chi connectivity index (χ0n) is 10.5. The SMILES string of the molecule is O=C(c1ccc(F)cc1Br)N1CCSc2ccccc21. The minimum absolute atomic E-state index is 0.107. The molecule has 0 aromatic heterocycles. The first-order valence-corrected chi connectivity index (χ1v) is 7.93. The van der Waals surface area contributed by atoms with Gasteiger partial charge in [0.05, 0.1) is 11.3 Å². The van der Waals surface area contributed by atoms with Crippen LogP contribution in [0.4, 0.5) is 10.1 Å². The molecule has 0 atom stereocenters. The molecule has 0 unspecified atom stereocenters. The molecule has 2 aromatic carbocycles. The Balaban J connectivity index is 2.00. The minimum atomic E-state index is -0.358. The standard InChI is InChI=1S/C15H11BrFNOS/c16-12-9-10(17)5-6-11(12)15(19)18-7-8-20-14-4-2-1-3-13(14)18/h1-6,9H,7-8H2. The normalized spacial score (nSPS) is 14.0. The lowest BCUT2D eigenvalue weighted by atomic mass is 10.1. The van der Waals surface area contributed by atoms with Gasteiger partial charge in [-0.3, -0.25) is 4.79 Å². The molecule has 1 aliphatic rings. The molecule has 102 valence electrons. The Kier molecular flexibility index (Phi) is 3.81. The first-order chi connectivity index (χ1) is 9.66. The quantitative estimate of drug-likeness (QED) is 0.761. The molecule has 1 amide bonds. The van der Waals surface area contributed by atoms with E-state index in [2.05, 4.69) is 15.9 Å². The molecule has 1 heterocycles. The summed E-state index contributed by atoms with van der Waals surface area (Å²) < 4.78 is 13.6. The molecule has 0 saturated carbocycles. The molecule has 2 aromatic rings. The fourth-order valence-corrected chi connectivity index (χ4v) is 3.70. The number of hydrogen-bond donors (Lipinski definition) is 0. The number of thioether (sulfide) groups is 1. The topological polar surface area (TPSA) is 20.3 Å². The van der Waals surface area contributed by atoms with E-state index in [1.807, 2.05) is 24.3 Å². The Morgan fingerprint density at radius 2 is 2.05 bits per heavy atom. The maximum atomic E-state index is 13.1. The maximum absolute atomic E-state index is 13.1. The third-order valence-electron chi connectivity index (χ3n) is 3.14. The fourth-order valence-electron chi connectivity index (χ4n) is 2.19.